The van der Waals surface area contributed by atoms with E-state index in [0.29, 0.717) is 27.8 Å². The second-order valence-electron chi connectivity index (χ2n) is 6.27. The van der Waals surface area contributed by atoms with Crippen LogP contribution in [0.2, 0.25) is 10.0 Å². The summed E-state index contributed by atoms with van der Waals surface area (Å²) in [5.74, 6) is 0.645. The summed E-state index contributed by atoms with van der Waals surface area (Å²) in [7, 11) is 0. The molecule has 2 aromatic carbocycles. The second kappa shape index (κ2) is 9.35. The van der Waals surface area contributed by atoms with E-state index >= 15 is 0 Å². The van der Waals surface area contributed by atoms with E-state index in [4.69, 9.17) is 28.9 Å². The van der Waals surface area contributed by atoms with Crippen LogP contribution >= 0.6 is 34.5 Å². The Morgan fingerprint density at radius 1 is 1.07 bits per heavy atom. The average molecular weight is 444 g/mol. The predicted molar refractivity (Wildman–Crippen MR) is 123 cm³/mol. The molecule has 2 N–H and O–H groups in total. The summed E-state index contributed by atoms with van der Waals surface area (Å²) in [5.41, 5.74) is 8.79. The molecule has 4 rings (SSSR count). The summed E-state index contributed by atoms with van der Waals surface area (Å²) in [6.45, 7) is 3.89. The molecule has 0 aliphatic rings. The van der Waals surface area contributed by atoms with Crippen molar-refractivity contribution in [2.75, 3.05) is 5.73 Å². The van der Waals surface area contributed by atoms with Crippen LogP contribution in [-0.4, -0.2) is 15.8 Å². The van der Waals surface area contributed by atoms with E-state index in [9.17, 15) is 4.79 Å². The SMILES string of the molecule is CCC(=O)c1cccc(Cl)c1.Cc1sc2ncnc(N)c2c1-c1cccc(Cl)c1. The Labute approximate surface area is 183 Å². The van der Waals surface area contributed by atoms with E-state index < -0.39 is 0 Å². The molecule has 29 heavy (non-hydrogen) atoms. The molecule has 0 saturated carbocycles. The molecule has 2 heterocycles. The minimum absolute atomic E-state index is 0.132. The maximum Gasteiger partial charge on any atom is 0.162 e. The maximum atomic E-state index is 11.1. The molecule has 0 spiro atoms. The van der Waals surface area contributed by atoms with Gasteiger partial charge in [0.15, 0.2) is 5.78 Å². The lowest BCUT2D eigenvalue weighted by molar-refractivity contribution is 0.0988. The van der Waals surface area contributed by atoms with E-state index in [1.54, 1.807) is 35.6 Å². The van der Waals surface area contributed by atoms with Crippen LogP contribution < -0.4 is 5.73 Å². The molecular formula is C22H19Cl2N3OS. The summed E-state index contributed by atoms with van der Waals surface area (Å²) in [6.07, 6.45) is 2.02. The van der Waals surface area contributed by atoms with Crippen molar-refractivity contribution in [1.29, 1.82) is 0 Å². The minimum Gasteiger partial charge on any atom is -0.383 e. The fourth-order valence-electron chi connectivity index (χ4n) is 2.92. The number of nitrogen functional groups attached to an aromatic ring is 1. The second-order valence-corrected chi connectivity index (χ2v) is 8.35. The number of fused-ring (bicyclic) bond motifs is 1. The van der Waals surface area contributed by atoms with Gasteiger partial charge in [-0.2, -0.15) is 0 Å². The van der Waals surface area contributed by atoms with E-state index in [0.717, 1.165) is 21.3 Å². The molecule has 148 valence electrons. The normalized spacial score (nSPS) is 10.5. The van der Waals surface area contributed by atoms with Gasteiger partial charge < -0.3 is 5.73 Å². The van der Waals surface area contributed by atoms with E-state index in [1.165, 1.54) is 11.2 Å². The highest BCUT2D eigenvalue weighted by Gasteiger charge is 2.15. The Bertz CT molecular complexity index is 1170. The van der Waals surface area contributed by atoms with Gasteiger partial charge in [-0.15, -0.1) is 11.3 Å². The number of nitrogens with zero attached hydrogens (tertiary/aromatic N) is 2. The zero-order chi connectivity index (χ0) is 21.0. The first kappa shape index (κ1) is 21.2. The number of nitrogens with two attached hydrogens (primary N) is 1. The van der Waals surface area contributed by atoms with Crippen molar-refractivity contribution in [3.8, 4) is 11.1 Å². The van der Waals surface area contributed by atoms with Crippen LogP contribution in [0.15, 0.2) is 54.9 Å². The molecule has 0 aliphatic heterocycles. The van der Waals surface area contributed by atoms with Crippen molar-refractivity contribution < 1.29 is 4.79 Å². The standard InChI is InChI=1S/C13H10ClN3S.C9H9ClO/c1-7-10(8-3-2-4-9(14)5-8)11-12(15)16-6-17-13(11)18-7;1-2-9(11)7-4-3-5-8(10)6-7/h2-6H,1H3,(H2,15,16,17);3-6H,2H2,1H3. The van der Waals surface area contributed by atoms with Crippen LogP contribution in [0.3, 0.4) is 0 Å². The van der Waals surface area contributed by atoms with E-state index in [-0.39, 0.29) is 5.78 Å². The number of rotatable bonds is 3. The summed E-state index contributed by atoms with van der Waals surface area (Å²) in [4.78, 5) is 21.5. The number of ketones is 1. The Morgan fingerprint density at radius 3 is 2.41 bits per heavy atom. The number of aromatic nitrogens is 2. The molecule has 0 fully saturated rings. The first-order valence-corrected chi connectivity index (χ1v) is 10.5. The first-order chi connectivity index (χ1) is 13.9. The quantitative estimate of drug-likeness (QED) is 0.352. The average Bonchev–Trinajstić information content (AvgIpc) is 3.05. The number of thiophene rings is 1. The van der Waals surface area contributed by atoms with Crippen molar-refractivity contribution in [2.24, 2.45) is 0 Å². The van der Waals surface area contributed by atoms with Gasteiger partial charge in [0.2, 0.25) is 0 Å². The first-order valence-electron chi connectivity index (χ1n) is 8.95. The van der Waals surface area contributed by atoms with Crippen molar-refractivity contribution >= 4 is 56.4 Å². The molecule has 0 unspecified atom stereocenters. The van der Waals surface area contributed by atoms with Gasteiger partial charge in [0.1, 0.15) is 17.0 Å². The predicted octanol–water partition coefficient (Wildman–Crippen LogP) is 6.84. The van der Waals surface area contributed by atoms with Crippen LogP contribution in [0.1, 0.15) is 28.6 Å². The van der Waals surface area contributed by atoms with Crippen molar-refractivity contribution in [3.05, 3.63) is 75.3 Å². The highest BCUT2D eigenvalue weighted by Crippen LogP contribution is 2.39. The van der Waals surface area contributed by atoms with Crippen LogP contribution in [0.4, 0.5) is 5.82 Å². The number of aryl methyl sites for hydroxylation is 1. The minimum atomic E-state index is 0.132. The fourth-order valence-corrected chi connectivity index (χ4v) is 4.33. The number of benzene rings is 2. The summed E-state index contributed by atoms with van der Waals surface area (Å²) in [5, 5.41) is 2.24. The number of Topliss-reactive ketones (excluding diaryl/α,β-unsaturated/α-hetero) is 1. The monoisotopic (exact) mass is 443 g/mol. The number of anilines is 1. The number of hydrogen-bond donors (Lipinski definition) is 1. The molecule has 0 atom stereocenters. The largest absolute Gasteiger partial charge is 0.383 e. The Kier molecular flexibility index (Phi) is 6.85. The highest BCUT2D eigenvalue weighted by molar-refractivity contribution is 7.19. The molecule has 0 amide bonds. The molecule has 0 aliphatic carbocycles. The van der Waals surface area contributed by atoms with Crippen molar-refractivity contribution in [2.45, 2.75) is 20.3 Å². The van der Waals surface area contributed by atoms with Gasteiger partial charge in [0, 0.05) is 32.5 Å². The molecule has 0 bridgehead atoms. The molecule has 0 saturated heterocycles. The van der Waals surface area contributed by atoms with Gasteiger partial charge in [-0.3, -0.25) is 4.79 Å². The van der Waals surface area contributed by atoms with Gasteiger partial charge >= 0.3 is 0 Å². The van der Waals surface area contributed by atoms with E-state index in [2.05, 4.69) is 16.9 Å². The Hall–Kier alpha value is -2.47. The van der Waals surface area contributed by atoms with Gasteiger partial charge in [-0.25, -0.2) is 9.97 Å². The zero-order valence-corrected chi connectivity index (χ0v) is 18.3. The summed E-state index contributed by atoms with van der Waals surface area (Å²) < 4.78 is 0. The van der Waals surface area contributed by atoms with Crippen LogP contribution in [0, 0.1) is 6.92 Å². The third-order valence-corrected chi connectivity index (χ3v) is 5.76. The lowest BCUT2D eigenvalue weighted by Crippen LogP contribution is -1.94. The molecule has 4 nitrogen and oxygen atoms in total. The number of halogens is 2. The number of carbonyl (C=O) groups is 1. The van der Waals surface area contributed by atoms with Gasteiger partial charge in [0.05, 0.1) is 5.39 Å². The summed E-state index contributed by atoms with van der Waals surface area (Å²) >= 11 is 13.4. The number of hydrogen-bond acceptors (Lipinski definition) is 5. The fraction of sp³-hybridized carbons (Fsp3) is 0.136. The van der Waals surface area contributed by atoms with Gasteiger partial charge in [-0.1, -0.05) is 54.4 Å². The summed E-state index contributed by atoms with van der Waals surface area (Å²) in [6, 6.07) is 14.7. The third kappa shape index (κ3) is 4.93. The molecule has 2 aromatic heterocycles. The van der Waals surface area contributed by atoms with Crippen molar-refractivity contribution in [3.63, 3.8) is 0 Å². The Morgan fingerprint density at radius 2 is 1.76 bits per heavy atom. The third-order valence-electron chi connectivity index (χ3n) is 4.27. The van der Waals surface area contributed by atoms with Crippen LogP contribution in [0.5, 0.6) is 0 Å². The van der Waals surface area contributed by atoms with E-state index in [1.807, 2.05) is 31.2 Å². The molecule has 7 heteroatoms. The maximum absolute atomic E-state index is 11.1. The lowest BCUT2D eigenvalue weighted by Gasteiger charge is -2.03. The van der Waals surface area contributed by atoms with Gasteiger partial charge in [-0.05, 0) is 36.8 Å². The topological polar surface area (TPSA) is 68.9 Å². The Balaban J connectivity index is 0.000000188. The molecule has 0 radical (unpaired) electrons. The van der Waals surface area contributed by atoms with Crippen LogP contribution in [0.25, 0.3) is 21.3 Å². The zero-order valence-electron chi connectivity index (χ0n) is 15.9. The van der Waals surface area contributed by atoms with Gasteiger partial charge in [0.25, 0.3) is 0 Å². The van der Waals surface area contributed by atoms with Crippen LogP contribution in [-0.2, 0) is 0 Å². The highest BCUT2D eigenvalue weighted by atomic mass is 35.5. The molecule has 4 aromatic rings. The van der Waals surface area contributed by atoms with Crippen molar-refractivity contribution in [1.82, 2.24) is 9.97 Å². The smallest absolute Gasteiger partial charge is 0.162 e. The molecular weight excluding hydrogens is 425 g/mol. The lowest BCUT2D eigenvalue weighted by atomic mass is 10.0. The number of carbonyl (C=O) groups excluding carboxylic acids is 1.